The van der Waals surface area contributed by atoms with E-state index in [1.807, 2.05) is 0 Å². The smallest absolute Gasteiger partial charge is 0.325 e. The third-order valence-corrected chi connectivity index (χ3v) is 4.94. The van der Waals surface area contributed by atoms with E-state index in [0.29, 0.717) is 5.92 Å². The highest BCUT2D eigenvalue weighted by Gasteiger charge is 2.45. The third kappa shape index (κ3) is 2.27. The molecule has 3 saturated carbocycles. The first-order valence-electron chi connectivity index (χ1n) is 6.84. The average molecular weight is 269 g/mol. The van der Waals surface area contributed by atoms with Crippen molar-refractivity contribution in [1.82, 2.24) is 0 Å². The van der Waals surface area contributed by atoms with Crippen LogP contribution in [0.2, 0.25) is 0 Å². The van der Waals surface area contributed by atoms with Crippen molar-refractivity contribution in [1.29, 1.82) is 0 Å². The number of alkyl halides is 3. The molecular formula is C15H18F3N. The lowest BCUT2D eigenvalue weighted by molar-refractivity contribution is -0.137. The first-order chi connectivity index (χ1) is 8.88. The molecule has 2 N–H and O–H groups in total. The minimum Gasteiger partial charge on any atom is -0.325 e. The van der Waals surface area contributed by atoms with Gasteiger partial charge in [0.25, 0.3) is 0 Å². The predicted octanol–water partition coefficient (Wildman–Crippen LogP) is 4.08. The minimum atomic E-state index is -4.26. The Kier molecular flexibility index (Phi) is 2.89. The lowest BCUT2D eigenvalue weighted by Gasteiger charge is -2.50. The van der Waals surface area contributed by atoms with Crippen molar-refractivity contribution in [3.63, 3.8) is 0 Å². The van der Waals surface area contributed by atoms with Crippen LogP contribution >= 0.6 is 0 Å². The van der Waals surface area contributed by atoms with Crippen molar-refractivity contribution in [2.45, 2.75) is 49.7 Å². The molecule has 2 bridgehead atoms. The second kappa shape index (κ2) is 4.23. The number of fused-ring (bicyclic) bond motifs is 3. The van der Waals surface area contributed by atoms with E-state index in [9.17, 15) is 13.2 Å². The highest BCUT2D eigenvalue weighted by Crippen LogP contribution is 2.51. The molecule has 19 heavy (non-hydrogen) atoms. The number of hydrogen-bond donors (Lipinski definition) is 1. The van der Waals surface area contributed by atoms with Gasteiger partial charge in [-0.2, -0.15) is 13.2 Å². The first kappa shape index (κ1) is 13.0. The maximum Gasteiger partial charge on any atom is 0.416 e. The topological polar surface area (TPSA) is 26.0 Å². The van der Waals surface area contributed by atoms with Crippen LogP contribution < -0.4 is 5.73 Å². The maximum atomic E-state index is 12.6. The van der Waals surface area contributed by atoms with E-state index in [4.69, 9.17) is 5.73 Å². The summed E-state index contributed by atoms with van der Waals surface area (Å²) in [7, 11) is 0. The Labute approximate surface area is 111 Å². The van der Waals surface area contributed by atoms with Crippen molar-refractivity contribution < 1.29 is 13.2 Å². The number of nitrogens with two attached hydrogens (primary N) is 1. The number of benzene rings is 1. The zero-order valence-electron chi connectivity index (χ0n) is 10.7. The maximum absolute atomic E-state index is 12.6. The predicted molar refractivity (Wildman–Crippen MR) is 67.7 cm³/mol. The van der Waals surface area contributed by atoms with Gasteiger partial charge in [-0.3, -0.25) is 0 Å². The van der Waals surface area contributed by atoms with Crippen molar-refractivity contribution in [2.24, 2.45) is 11.7 Å². The molecule has 0 saturated heterocycles. The molecule has 0 aromatic heterocycles. The molecule has 0 spiro atoms. The molecule has 1 unspecified atom stereocenters. The van der Waals surface area contributed by atoms with Crippen LogP contribution in [0.1, 0.15) is 49.1 Å². The Bertz CT molecular complexity index is 455. The van der Waals surface area contributed by atoms with Crippen LogP contribution in [0.5, 0.6) is 0 Å². The fraction of sp³-hybridized carbons (Fsp3) is 0.600. The Hall–Kier alpha value is -1.03. The highest BCUT2D eigenvalue weighted by atomic mass is 19.4. The Morgan fingerprint density at radius 3 is 2.11 bits per heavy atom. The first-order valence-corrected chi connectivity index (χ1v) is 6.84. The number of hydrogen-bond acceptors (Lipinski definition) is 1. The van der Waals surface area contributed by atoms with Gasteiger partial charge in [0.15, 0.2) is 0 Å². The molecule has 1 atom stereocenters. The normalized spacial score (nSPS) is 34.5. The number of halogens is 3. The summed E-state index contributed by atoms with van der Waals surface area (Å²) in [5.41, 5.74) is 6.67. The summed E-state index contributed by atoms with van der Waals surface area (Å²) in [5, 5.41) is 0. The van der Waals surface area contributed by atoms with E-state index in [1.54, 1.807) is 12.1 Å². The molecule has 1 aromatic rings. The number of rotatable bonds is 1. The summed E-state index contributed by atoms with van der Waals surface area (Å²) in [5.74, 6) is 0.931. The largest absolute Gasteiger partial charge is 0.416 e. The van der Waals surface area contributed by atoms with Crippen LogP contribution in [0, 0.1) is 5.92 Å². The molecule has 3 aliphatic rings. The highest BCUT2D eigenvalue weighted by molar-refractivity contribution is 5.31. The SMILES string of the molecule is NC12CCC(CC1)CC2c1ccc(C(F)(F)F)cc1. The molecule has 0 amide bonds. The summed E-state index contributed by atoms with van der Waals surface area (Å²) < 4.78 is 37.7. The Balaban J connectivity index is 1.87. The van der Waals surface area contributed by atoms with Crippen LogP contribution in [0.15, 0.2) is 24.3 Å². The van der Waals surface area contributed by atoms with Gasteiger partial charge in [-0.25, -0.2) is 0 Å². The van der Waals surface area contributed by atoms with Gasteiger partial charge < -0.3 is 5.73 Å². The molecule has 0 heterocycles. The summed E-state index contributed by atoms with van der Waals surface area (Å²) in [6.45, 7) is 0. The third-order valence-electron chi connectivity index (χ3n) is 4.94. The molecule has 0 aliphatic heterocycles. The van der Waals surface area contributed by atoms with Crippen molar-refractivity contribution in [2.75, 3.05) is 0 Å². The standard InChI is InChI=1S/C15H18F3N/c16-15(17,18)12-3-1-11(2-4-12)13-9-10-5-7-14(13,19)8-6-10/h1-4,10,13H,5-9,19H2. The van der Waals surface area contributed by atoms with E-state index in [0.717, 1.165) is 24.8 Å². The molecule has 1 nitrogen and oxygen atoms in total. The second-order valence-corrected chi connectivity index (χ2v) is 6.08. The molecular weight excluding hydrogens is 251 g/mol. The molecule has 1 aromatic carbocycles. The summed E-state index contributed by atoms with van der Waals surface area (Å²) in [6.07, 6.45) is 1.13. The molecule has 3 aliphatic carbocycles. The summed E-state index contributed by atoms with van der Waals surface area (Å²) >= 11 is 0. The van der Waals surface area contributed by atoms with Gasteiger partial charge in [0.1, 0.15) is 0 Å². The van der Waals surface area contributed by atoms with E-state index in [2.05, 4.69) is 0 Å². The van der Waals surface area contributed by atoms with E-state index >= 15 is 0 Å². The van der Waals surface area contributed by atoms with Crippen molar-refractivity contribution >= 4 is 0 Å². The van der Waals surface area contributed by atoms with Gasteiger partial charge in [-0.1, -0.05) is 12.1 Å². The fourth-order valence-corrected chi connectivity index (χ4v) is 3.74. The van der Waals surface area contributed by atoms with Crippen LogP contribution in [0.4, 0.5) is 13.2 Å². The fourth-order valence-electron chi connectivity index (χ4n) is 3.74. The van der Waals surface area contributed by atoms with Gasteiger partial charge in [-0.05, 0) is 55.7 Å². The van der Waals surface area contributed by atoms with Crippen LogP contribution in [-0.4, -0.2) is 5.54 Å². The van der Waals surface area contributed by atoms with Crippen LogP contribution in [-0.2, 0) is 6.18 Å². The zero-order chi connectivity index (χ0) is 13.7. The molecule has 104 valence electrons. The summed E-state index contributed by atoms with van der Waals surface area (Å²) in [4.78, 5) is 0. The molecule has 4 heteroatoms. The van der Waals surface area contributed by atoms with Crippen LogP contribution in [0.3, 0.4) is 0 Å². The van der Waals surface area contributed by atoms with Crippen molar-refractivity contribution in [3.8, 4) is 0 Å². The van der Waals surface area contributed by atoms with E-state index in [1.165, 1.54) is 25.0 Å². The zero-order valence-corrected chi connectivity index (χ0v) is 10.7. The van der Waals surface area contributed by atoms with E-state index < -0.39 is 11.7 Å². The molecule has 3 fully saturated rings. The Morgan fingerprint density at radius 1 is 1.05 bits per heavy atom. The van der Waals surface area contributed by atoms with Gasteiger partial charge in [0.05, 0.1) is 5.56 Å². The minimum absolute atomic E-state index is 0.200. The van der Waals surface area contributed by atoms with Gasteiger partial charge in [0.2, 0.25) is 0 Å². The molecule has 0 radical (unpaired) electrons. The van der Waals surface area contributed by atoms with Crippen molar-refractivity contribution in [3.05, 3.63) is 35.4 Å². The van der Waals surface area contributed by atoms with Gasteiger partial charge >= 0.3 is 6.18 Å². The van der Waals surface area contributed by atoms with Gasteiger partial charge in [0, 0.05) is 11.5 Å². The average Bonchev–Trinajstić information content (AvgIpc) is 2.38. The van der Waals surface area contributed by atoms with E-state index in [-0.39, 0.29) is 11.5 Å². The summed E-state index contributed by atoms with van der Waals surface area (Å²) in [6, 6.07) is 5.59. The quantitative estimate of drug-likeness (QED) is 0.816. The lowest BCUT2D eigenvalue weighted by atomic mass is 9.58. The van der Waals surface area contributed by atoms with Gasteiger partial charge in [-0.15, -0.1) is 0 Å². The Morgan fingerprint density at radius 2 is 1.63 bits per heavy atom. The van der Waals surface area contributed by atoms with Crippen LogP contribution in [0.25, 0.3) is 0 Å². The second-order valence-electron chi connectivity index (χ2n) is 6.08. The molecule has 4 rings (SSSR count). The monoisotopic (exact) mass is 269 g/mol. The lowest BCUT2D eigenvalue weighted by Crippen LogP contribution is -2.53.